The summed E-state index contributed by atoms with van der Waals surface area (Å²) in [4.78, 5) is 27.3. The number of fused-ring (bicyclic) bond motifs is 1. The second-order valence-corrected chi connectivity index (χ2v) is 10.2. The number of carbonyl (C=O) groups is 2. The number of hydrogen-bond donors (Lipinski definition) is 1. The molecule has 0 aliphatic carbocycles. The molecule has 35 heavy (non-hydrogen) atoms. The summed E-state index contributed by atoms with van der Waals surface area (Å²) in [6.07, 6.45) is -0.321. The van der Waals surface area contributed by atoms with E-state index in [1.54, 1.807) is 36.4 Å². The molecule has 1 unspecified atom stereocenters. The molecule has 0 aromatic heterocycles. The molecule has 0 saturated heterocycles. The molecule has 9 heteroatoms. The van der Waals surface area contributed by atoms with Gasteiger partial charge >= 0.3 is 0 Å². The van der Waals surface area contributed by atoms with Crippen LogP contribution in [-0.2, 0) is 26.0 Å². The highest BCUT2D eigenvalue weighted by Crippen LogP contribution is 2.42. The van der Waals surface area contributed by atoms with Crippen LogP contribution in [0.3, 0.4) is 0 Å². The van der Waals surface area contributed by atoms with E-state index >= 15 is 0 Å². The molecular weight excluding hydrogens is 468 g/mol. The highest BCUT2D eigenvalue weighted by atomic mass is 32.2. The van der Waals surface area contributed by atoms with E-state index in [9.17, 15) is 18.0 Å². The van der Waals surface area contributed by atoms with Gasteiger partial charge < -0.3 is 19.7 Å². The van der Waals surface area contributed by atoms with Crippen molar-refractivity contribution in [2.45, 2.75) is 23.1 Å². The predicted octanol–water partition coefficient (Wildman–Crippen LogP) is 3.27. The highest BCUT2D eigenvalue weighted by molar-refractivity contribution is 7.92. The number of hydrogen-bond acceptors (Lipinski definition) is 6. The van der Waals surface area contributed by atoms with E-state index in [0.717, 1.165) is 5.56 Å². The Morgan fingerprint density at radius 3 is 2.37 bits per heavy atom. The van der Waals surface area contributed by atoms with Crippen molar-refractivity contribution in [3.05, 3.63) is 83.9 Å². The lowest BCUT2D eigenvalue weighted by Gasteiger charge is -2.21. The van der Waals surface area contributed by atoms with Crippen LogP contribution in [-0.4, -0.2) is 41.0 Å². The Kier molecular flexibility index (Phi) is 7.07. The summed E-state index contributed by atoms with van der Waals surface area (Å²) >= 11 is 0. The van der Waals surface area contributed by atoms with Crippen LogP contribution in [0.15, 0.2) is 77.7 Å². The fraction of sp³-hybridized carbons (Fsp3) is 0.231. The summed E-state index contributed by atoms with van der Waals surface area (Å²) in [6.45, 7) is 0.00672. The molecule has 0 spiro atoms. The van der Waals surface area contributed by atoms with Crippen molar-refractivity contribution < 1.29 is 27.5 Å². The minimum atomic E-state index is -3.96. The van der Waals surface area contributed by atoms with Gasteiger partial charge in [0.25, 0.3) is 0 Å². The molecule has 0 bridgehead atoms. The van der Waals surface area contributed by atoms with Crippen LogP contribution in [0.4, 0.5) is 5.69 Å². The topological polar surface area (TPSA) is 102 Å². The van der Waals surface area contributed by atoms with Crippen LogP contribution < -0.4 is 19.7 Å². The molecule has 0 radical (unpaired) electrons. The molecule has 4 rings (SSSR count). The number of ether oxygens (including phenoxy) is 2. The summed E-state index contributed by atoms with van der Waals surface area (Å²) in [5, 5.41) is 1.65. The predicted molar refractivity (Wildman–Crippen MR) is 131 cm³/mol. The van der Waals surface area contributed by atoms with Crippen LogP contribution in [0.1, 0.15) is 22.8 Å². The first-order valence-corrected chi connectivity index (χ1v) is 12.6. The van der Waals surface area contributed by atoms with E-state index in [-0.39, 0.29) is 29.5 Å². The number of nitrogens with one attached hydrogen (secondary N) is 1. The second-order valence-electron chi connectivity index (χ2n) is 8.06. The molecule has 1 heterocycles. The van der Waals surface area contributed by atoms with Crippen molar-refractivity contribution in [3.8, 4) is 11.5 Å². The molecule has 3 aromatic rings. The molecule has 2 amide bonds. The zero-order valence-corrected chi connectivity index (χ0v) is 20.2. The Morgan fingerprint density at radius 1 is 0.971 bits per heavy atom. The van der Waals surface area contributed by atoms with E-state index in [4.69, 9.17) is 9.47 Å². The zero-order chi connectivity index (χ0) is 25.0. The SMILES string of the molecule is COc1ccc(C2CC(=O)N(CC(=O)NCc3ccccc3)c3ccccc3S2(=O)=O)cc1OC. The zero-order valence-electron chi connectivity index (χ0n) is 19.4. The first-order valence-electron chi connectivity index (χ1n) is 11.0. The van der Waals surface area contributed by atoms with Crippen molar-refractivity contribution in [3.63, 3.8) is 0 Å². The average molecular weight is 495 g/mol. The highest BCUT2D eigenvalue weighted by Gasteiger charge is 2.40. The molecule has 0 fully saturated rings. The van der Waals surface area contributed by atoms with Gasteiger partial charge in [-0.15, -0.1) is 0 Å². The second kappa shape index (κ2) is 10.2. The molecule has 8 nitrogen and oxygen atoms in total. The Hall–Kier alpha value is -3.85. The smallest absolute Gasteiger partial charge is 0.240 e. The van der Waals surface area contributed by atoms with E-state index < -0.39 is 21.0 Å². The number of carbonyl (C=O) groups excluding carboxylic acids is 2. The Labute approximate surface area is 204 Å². The first kappa shape index (κ1) is 24.3. The van der Waals surface area contributed by atoms with Crippen LogP contribution in [0.25, 0.3) is 0 Å². The van der Waals surface area contributed by atoms with Crippen molar-refractivity contribution in [1.29, 1.82) is 0 Å². The normalized spacial score (nSPS) is 16.7. The van der Waals surface area contributed by atoms with Gasteiger partial charge in [0.2, 0.25) is 11.8 Å². The summed E-state index contributed by atoms with van der Waals surface area (Å²) in [6, 6.07) is 20.4. The number of amides is 2. The fourth-order valence-corrected chi connectivity index (χ4v) is 6.02. The molecule has 1 aliphatic heterocycles. The lowest BCUT2D eigenvalue weighted by atomic mass is 10.1. The Balaban J connectivity index is 1.66. The third-order valence-electron chi connectivity index (χ3n) is 5.91. The van der Waals surface area contributed by atoms with E-state index in [2.05, 4.69) is 5.32 Å². The summed E-state index contributed by atoms with van der Waals surface area (Å²) in [7, 11) is -1.02. The Morgan fingerprint density at radius 2 is 1.66 bits per heavy atom. The Bertz CT molecular complexity index is 1340. The number of para-hydroxylation sites is 1. The molecule has 3 aromatic carbocycles. The van der Waals surface area contributed by atoms with Gasteiger partial charge in [-0.25, -0.2) is 8.42 Å². The van der Waals surface area contributed by atoms with Crippen molar-refractivity contribution in [2.24, 2.45) is 0 Å². The van der Waals surface area contributed by atoms with Gasteiger partial charge in [-0.1, -0.05) is 48.5 Å². The van der Waals surface area contributed by atoms with E-state index in [1.165, 1.54) is 25.2 Å². The number of benzene rings is 3. The molecular formula is C26H26N2O6S. The largest absolute Gasteiger partial charge is 0.493 e. The average Bonchev–Trinajstić information content (AvgIpc) is 2.96. The van der Waals surface area contributed by atoms with Crippen molar-refractivity contribution in [1.82, 2.24) is 5.32 Å². The van der Waals surface area contributed by atoms with Gasteiger partial charge in [-0.05, 0) is 35.4 Å². The maximum atomic E-state index is 13.7. The summed E-state index contributed by atoms with van der Waals surface area (Å²) in [5.41, 5.74) is 1.51. The minimum Gasteiger partial charge on any atom is -0.493 e. The van der Waals surface area contributed by atoms with Gasteiger partial charge in [-0.3, -0.25) is 9.59 Å². The van der Waals surface area contributed by atoms with Crippen LogP contribution in [0.5, 0.6) is 11.5 Å². The van der Waals surface area contributed by atoms with Gasteiger partial charge in [-0.2, -0.15) is 0 Å². The fourth-order valence-electron chi connectivity index (χ4n) is 4.11. The number of methoxy groups -OCH3 is 2. The lowest BCUT2D eigenvalue weighted by Crippen LogP contribution is -2.40. The maximum absolute atomic E-state index is 13.7. The van der Waals surface area contributed by atoms with Crippen LogP contribution in [0.2, 0.25) is 0 Å². The molecule has 0 saturated carbocycles. The quantitative estimate of drug-likeness (QED) is 0.541. The summed E-state index contributed by atoms with van der Waals surface area (Å²) in [5.74, 6) is -0.0415. The molecule has 1 N–H and O–H groups in total. The number of anilines is 1. The van der Waals surface area contributed by atoms with E-state index in [1.807, 2.05) is 30.3 Å². The first-order chi connectivity index (χ1) is 16.8. The monoisotopic (exact) mass is 494 g/mol. The van der Waals surface area contributed by atoms with Crippen molar-refractivity contribution in [2.75, 3.05) is 25.7 Å². The molecule has 1 aliphatic rings. The van der Waals surface area contributed by atoms with Crippen molar-refractivity contribution >= 4 is 27.3 Å². The standard InChI is InChI=1S/C26H26N2O6S/c1-33-21-13-12-19(14-22(21)34-2)24-15-26(30)28(20-10-6-7-11-23(20)35(24,31)32)17-25(29)27-16-18-8-4-3-5-9-18/h3-14,24H,15-17H2,1-2H3,(H,27,29). The van der Waals surface area contributed by atoms with Gasteiger partial charge in [0.15, 0.2) is 21.3 Å². The third-order valence-corrected chi connectivity index (χ3v) is 8.06. The van der Waals surface area contributed by atoms with Crippen LogP contribution in [0, 0.1) is 0 Å². The number of nitrogens with zero attached hydrogens (tertiary/aromatic N) is 1. The van der Waals surface area contributed by atoms with Gasteiger partial charge in [0.05, 0.1) is 30.1 Å². The molecule has 182 valence electrons. The van der Waals surface area contributed by atoms with Crippen LogP contribution >= 0.6 is 0 Å². The van der Waals surface area contributed by atoms with E-state index in [0.29, 0.717) is 23.6 Å². The maximum Gasteiger partial charge on any atom is 0.240 e. The third kappa shape index (κ3) is 5.00. The molecule has 1 atom stereocenters. The minimum absolute atomic E-state index is 0.00138. The van der Waals surface area contributed by atoms with Gasteiger partial charge in [0, 0.05) is 13.0 Å². The number of sulfone groups is 1. The number of rotatable bonds is 7. The lowest BCUT2D eigenvalue weighted by molar-refractivity contribution is -0.124. The van der Waals surface area contributed by atoms with Gasteiger partial charge in [0.1, 0.15) is 6.54 Å². The summed E-state index contributed by atoms with van der Waals surface area (Å²) < 4.78 is 38.0.